The Morgan fingerprint density at radius 1 is 0.811 bits per heavy atom. The Morgan fingerprint density at radius 2 is 1.47 bits per heavy atom. The molecule has 0 aromatic heterocycles. The molecule has 0 spiro atoms. The van der Waals surface area contributed by atoms with E-state index in [0.29, 0.717) is 29.7 Å². The Bertz CT molecular complexity index is 1550. The van der Waals surface area contributed by atoms with Gasteiger partial charge in [0.15, 0.2) is 0 Å². The average molecular weight is 739 g/mol. The molecule has 0 bridgehead atoms. The van der Waals surface area contributed by atoms with Gasteiger partial charge in [-0.25, -0.2) is 14.4 Å². The molecule has 15 nitrogen and oxygen atoms in total. The summed E-state index contributed by atoms with van der Waals surface area (Å²) in [4.78, 5) is 78.7. The maximum atomic E-state index is 14.0. The zero-order valence-electron chi connectivity index (χ0n) is 31.4. The molecule has 15 heteroatoms. The molecule has 290 valence electrons. The fourth-order valence-corrected chi connectivity index (χ4v) is 5.41. The first-order valence-electron chi connectivity index (χ1n) is 17.9. The molecule has 2 aromatic rings. The maximum Gasteiger partial charge on any atom is 0.408 e. The van der Waals surface area contributed by atoms with Crippen molar-refractivity contribution in [1.82, 2.24) is 31.9 Å². The topological polar surface area (TPSA) is 213 Å². The lowest BCUT2D eigenvalue weighted by Gasteiger charge is -2.27. The van der Waals surface area contributed by atoms with Gasteiger partial charge in [-0.1, -0.05) is 42.5 Å². The summed E-state index contributed by atoms with van der Waals surface area (Å²) in [6, 6.07) is 10.5. The Balaban J connectivity index is 1.91. The van der Waals surface area contributed by atoms with Crippen LogP contribution in [0.4, 0.5) is 9.59 Å². The molecule has 2 aromatic carbocycles. The first-order chi connectivity index (χ1) is 24.9. The third kappa shape index (κ3) is 15.8. The normalized spacial score (nSPS) is 20.0. The second-order valence-electron chi connectivity index (χ2n) is 14.9. The van der Waals surface area contributed by atoms with Crippen LogP contribution in [0, 0.1) is 0 Å². The minimum Gasteiger partial charge on any atom is -0.488 e. The van der Waals surface area contributed by atoms with Crippen LogP contribution in [0.15, 0.2) is 54.6 Å². The number of alkyl carbamates (subject to hydrolysis) is 1. The molecule has 53 heavy (non-hydrogen) atoms. The van der Waals surface area contributed by atoms with E-state index in [0.717, 1.165) is 0 Å². The van der Waals surface area contributed by atoms with Gasteiger partial charge >= 0.3 is 18.1 Å². The molecular formula is C38H54N6O9. The lowest BCUT2D eigenvalue weighted by molar-refractivity contribution is -0.142. The van der Waals surface area contributed by atoms with E-state index in [4.69, 9.17) is 9.47 Å². The van der Waals surface area contributed by atoms with Gasteiger partial charge in [0, 0.05) is 25.9 Å². The van der Waals surface area contributed by atoms with Gasteiger partial charge in [0.05, 0.1) is 0 Å². The summed E-state index contributed by atoms with van der Waals surface area (Å²) in [6.07, 6.45) is 0.113. The van der Waals surface area contributed by atoms with Gasteiger partial charge in [0.2, 0.25) is 17.7 Å². The lowest BCUT2D eigenvalue weighted by Crippen LogP contribution is -2.58. The smallest absolute Gasteiger partial charge is 0.408 e. The average Bonchev–Trinajstić information content (AvgIpc) is 3.05. The number of nitrogens with one attached hydrogen (secondary N) is 6. The van der Waals surface area contributed by atoms with E-state index in [1.54, 1.807) is 75.4 Å². The molecule has 4 atom stereocenters. The lowest BCUT2D eigenvalue weighted by atomic mass is 10.0. The van der Waals surface area contributed by atoms with Crippen LogP contribution in [0.2, 0.25) is 0 Å². The van der Waals surface area contributed by atoms with Crippen LogP contribution in [-0.2, 0) is 36.8 Å². The number of rotatable bonds is 9. The van der Waals surface area contributed by atoms with Crippen LogP contribution in [0.3, 0.4) is 0 Å². The second-order valence-corrected chi connectivity index (χ2v) is 14.9. The highest BCUT2D eigenvalue weighted by Gasteiger charge is 2.32. The minimum atomic E-state index is -1.35. The molecule has 1 aliphatic heterocycles. The van der Waals surface area contributed by atoms with Crippen LogP contribution < -0.4 is 36.6 Å². The van der Waals surface area contributed by atoms with Gasteiger partial charge in [-0.2, -0.15) is 0 Å². The molecule has 7 N–H and O–H groups in total. The van der Waals surface area contributed by atoms with Gasteiger partial charge in [-0.05, 0) is 90.5 Å². The number of hydrogen-bond donors (Lipinski definition) is 7. The van der Waals surface area contributed by atoms with Crippen molar-refractivity contribution >= 4 is 35.8 Å². The maximum absolute atomic E-state index is 14.0. The van der Waals surface area contributed by atoms with Gasteiger partial charge in [-0.15, -0.1) is 0 Å². The number of hydrogen-bond acceptors (Lipinski definition) is 8. The van der Waals surface area contributed by atoms with Crippen molar-refractivity contribution in [2.45, 2.75) is 115 Å². The van der Waals surface area contributed by atoms with Crippen molar-refractivity contribution in [2.24, 2.45) is 0 Å². The van der Waals surface area contributed by atoms with Crippen molar-refractivity contribution in [3.8, 4) is 5.75 Å². The minimum absolute atomic E-state index is 0.0137. The molecule has 1 aliphatic rings. The summed E-state index contributed by atoms with van der Waals surface area (Å²) in [6.45, 7) is 11.1. The predicted molar refractivity (Wildman–Crippen MR) is 197 cm³/mol. The number of amides is 6. The summed E-state index contributed by atoms with van der Waals surface area (Å²) in [5.74, 6) is -2.79. The summed E-state index contributed by atoms with van der Waals surface area (Å²) in [5.41, 5.74) is 0.128. The Labute approximate surface area is 310 Å². The van der Waals surface area contributed by atoms with E-state index >= 15 is 0 Å². The quantitative estimate of drug-likeness (QED) is 0.201. The number of ether oxygens (including phenoxy) is 2. The number of benzene rings is 2. The van der Waals surface area contributed by atoms with Crippen molar-refractivity contribution in [2.75, 3.05) is 13.1 Å². The summed E-state index contributed by atoms with van der Waals surface area (Å²) >= 11 is 0. The van der Waals surface area contributed by atoms with E-state index in [2.05, 4.69) is 31.9 Å². The number of carboxylic acids is 1. The third-order valence-electron chi connectivity index (χ3n) is 7.88. The Kier molecular flexibility index (Phi) is 15.5. The number of urea groups is 1. The highest BCUT2D eigenvalue weighted by Crippen LogP contribution is 2.20. The summed E-state index contributed by atoms with van der Waals surface area (Å²) in [5, 5.41) is 25.7. The summed E-state index contributed by atoms with van der Waals surface area (Å²) < 4.78 is 11.3. The number of carbonyl (C=O) groups excluding carboxylic acids is 5. The van der Waals surface area contributed by atoms with E-state index in [-0.39, 0.29) is 38.8 Å². The fourth-order valence-electron chi connectivity index (χ4n) is 5.41. The molecule has 0 saturated carbocycles. The van der Waals surface area contributed by atoms with Gasteiger partial charge in [-0.3, -0.25) is 14.4 Å². The number of aliphatic carboxylic acids is 1. The SMILES string of the molecule is CC(C)(C)OC(=O)N[C@@H](Cc1ccc(OC(C)(C)C)cc1)C(=O)N[C@@H]1CCCCNC(=O)NCC[C@@H](C(=O)O)NC(=O)[C@H](Cc2ccccc2)NC1=O. The molecule has 0 radical (unpaired) electrons. The van der Waals surface area contributed by atoms with E-state index in [9.17, 15) is 33.9 Å². The first kappa shape index (κ1) is 42.1. The highest BCUT2D eigenvalue weighted by molar-refractivity contribution is 5.95. The zero-order valence-corrected chi connectivity index (χ0v) is 31.4. The van der Waals surface area contributed by atoms with Crippen molar-refractivity contribution in [3.63, 3.8) is 0 Å². The van der Waals surface area contributed by atoms with Crippen LogP contribution in [0.1, 0.15) is 78.4 Å². The van der Waals surface area contributed by atoms with E-state index < -0.39 is 71.2 Å². The largest absolute Gasteiger partial charge is 0.488 e. The number of carboxylic acid groups (broad SMARTS) is 1. The van der Waals surface area contributed by atoms with Crippen molar-refractivity contribution < 1.29 is 43.3 Å². The second kappa shape index (κ2) is 19.5. The molecule has 1 heterocycles. The first-order valence-corrected chi connectivity index (χ1v) is 17.9. The van der Waals surface area contributed by atoms with Gasteiger partial charge in [0.25, 0.3) is 0 Å². The predicted octanol–water partition coefficient (Wildman–Crippen LogP) is 2.95. The van der Waals surface area contributed by atoms with Gasteiger partial charge < -0.3 is 46.5 Å². The standard InChI is InChI=1S/C38H54N6O9/c1-37(2,3)52-26-17-15-25(16-18-26)23-30(44-36(51)53-38(4,5)6)33(47)41-27-14-10-11-20-39-35(50)40-21-19-28(34(48)49)42-32(46)29(43-31(27)45)22-24-12-8-7-9-13-24/h7-9,12-13,15-18,27-30H,10-11,14,19-23H2,1-6H3,(H,41,47)(H,42,46)(H,43,45)(H,44,51)(H,48,49)(H2,39,40,50)/t27-,28+,29+,30+/m1/s1. The molecule has 1 fully saturated rings. The van der Waals surface area contributed by atoms with E-state index in [1.165, 1.54) is 0 Å². The molecular weight excluding hydrogens is 684 g/mol. The van der Waals surface area contributed by atoms with Crippen LogP contribution in [-0.4, -0.2) is 89.4 Å². The van der Waals surface area contributed by atoms with Crippen LogP contribution in [0.5, 0.6) is 5.75 Å². The summed E-state index contributed by atoms with van der Waals surface area (Å²) in [7, 11) is 0. The fraction of sp³-hybridized carbons (Fsp3) is 0.526. The Morgan fingerprint density at radius 3 is 2.09 bits per heavy atom. The number of carbonyl (C=O) groups is 6. The van der Waals surface area contributed by atoms with Crippen molar-refractivity contribution in [3.05, 3.63) is 65.7 Å². The Hall–Kier alpha value is -5.34. The zero-order chi connectivity index (χ0) is 39.2. The molecule has 0 aliphatic carbocycles. The molecule has 3 rings (SSSR count). The molecule has 1 saturated heterocycles. The monoisotopic (exact) mass is 738 g/mol. The van der Waals surface area contributed by atoms with Crippen molar-refractivity contribution in [1.29, 1.82) is 0 Å². The molecule has 6 amide bonds. The van der Waals surface area contributed by atoms with E-state index in [1.807, 2.05) is 20.8 Å². The van der Waals surface area contributed by atoms with Crippen LogP contribution in [0.25, 0.3) is 0 Å². The molecule has 0 unspecified atom stereocenters. The highest BCUT2D eigenvalue weighted by atomic mass is 16.6. The third-order valence-corrected chi connectivity index (χ3v) is 7.88. The van der Waals surface area contributed by atoms with Gasteiger partial charge in [0.1, 0.15) is 41.1 Å². The van der Waals surface area contributed by atoms with Crippen LogP contribution >= 0.6 is 0 Å².